The van der Waals surface area contributed by atoms with Crippen LogP contribution in [0.1, 0.15) is 33.9 Å². The summed E-state index contributed by atoms with van der Waals surface area (Å²) in [6, 6.07) is 15.4. The van der Waals surface area contributed by atoms with E-state index in [9.17, 15) is 0 Å². The Kier molecular flexibility index (Phi) is 12.4. The summed E-state index contributed by atoms with van der Waals surface area (Å²) in [5, 5.41) is 13.8. The van der Waals surface area contributed by atoms with E-state index in [1.807, 2.05) is 0 Å². The van der Waals surface area contributed by atoms with Crippen LogP contribution in [0.2, 0.25) is 0 Å². The zero-order chi connectivity index (χ0) is 25.6. The van der Waals surface area contributed by atoms with Gasteiger partial charge >= 0.3 is 0 Å². The zero-order valence-electron chi connectivity index (χ0n) is 21.1. The molecule has 2 fully saturated rings. The molecule has 4 rings (SSSR count). The molecule has 2 aromatic rings. The highest BCUT2D eigenvalue weighted by molar-refractivity contribution is 5.38. The molecule has 0 radical (unpaired) electrons. The molecule has 1 unspecified atom stereocenters. The summed E-state index contributed by atoms with van der Waals surface area (Å²) in [6.45, 7) is 13.6. The maximum atomic E-state index is 8.36. The van der Waals surface area contributed by atoms with Crippen molar-refractivity contribution >= 4 is 12.9 Å². The molecule has 1 atom stereocenters. The summed E-state index contributed by atoms with van der Waals surface area (Å²) < 4.78 is 6.07. The number of morpholine rings is 1. The van der Waals surface area contributed by atoms with Gasteiger partial charge in [0, 0.05) is 52.4 Å². The maximum Gasteiger partial charge on any atom is 0.290 e. The van der Waals surface area contributed by atoms with E-state index in [0.717, 1.165) is 32.8 Å². The first-order valence-corrected chi connectivity index (χ1v) is 12.0. The molecule has 8 nitrogen and oxygen atoms in total. The highest BCUT2D eigenvalue weighted by Gasteiger charge is 2.23. The van der Waals surface area contributed by atoms with Crippen LogP contribution in [0.4, 0.5) is 0 Å². The van der Waals surface area contributed by atoms with Crippen molar-refractivity contribution in [2.45, 2.75) is 33.0 Å². The second-order valence-corrected chi connectivity index (χ2v) is 9.00. The Morgan fingerprint density at radius 1 is 0.886 bits per heavy atom. The summed E-state index contributed by atoms with van der Waals surface area (Å²) in [7, 11) is 2.22. The Morgan fingerprint density at radius 3 is 2.00 bits per heavy atom. The molecule has 0 saturated carbocycles. The molecule has 2 aliphatic heterocycles. The molecule has 0 spiro atoms. The number of aryl methyl sites for hydroxylation is 1. The number of benzene rings is 2. The van der Waals surface area contributed by atoms with Crippen LogP contribution >= 0.6 is 0 Å². The second-order valence-electron chi connectivity index (χ2n) is 9.00. The summed E-state index contributed by atoms with van der Waals surface area (Å²) >= 11 is 0. The Labute approximate surface area is 208 Å². The quantitative estimate of drug-likeness (QED) is 0.625. The summed E-state index contributed by atoms with van der Waals surface area (Å²) in [4.78, 5) is 24.3. The number of nitrogens with zero attached hydrogens (tertiary/aromatic N) is 3. The molecule has 2 aliphatic rings. The third-order valence-electron chi connectivity index (χ3n) is 6.47. The number of hydrogen-bond donors (Lipinski definition) is 2. The second kappa shape index (κ2) is 15.3. The normalized spacial score (nSPS) is 19.0. The Balaban J connectivity index is 0.000000655. The standard InChI is InChI=1S/C25H35N3O.2CH2O2/c1-20-15-23(17-27-11-9-26(3)10-12-27)21(2)24(16-20)18-28-13-14-29-25(19-28)22-7-5-4-6-8-22;2*2-1-3/h4-8,15-16,25H,9-14,17-19H2,1-3H3;2*1H,(H,2,3). The van der Waals surface area contributed by atoms with Crippen molar-refractivity contribution in [3.63, 3.8) is 0 Å². The Hall–Kier alpha value is -2.78. The molecule has 2 aromatic carbocycles. The van der Waals surface area contributed by atoms with Gasteiger partial charge in [0.05, 0.1) is 12.7 Å². The number of hydrogen-bond acceptors (Lipinski definition) is 6. The van der Waals surface area contributed by atoms with Crippen molar-refractivity contribution in [3.05, 3.63) is 70.3 Å². The molecule has 0 aliphatic carbocycles. The van der Waals surface area contributed by atoms with Crippen LogP contribution in [-0.4, -0.2) is 90.8 Å². The van der Waals surface area contributed by atoms with Gasteiger partial charge in [-0.15, -0.1) is 0 Å². The number of carboxylic acid groups (broad SMARTS) is 2. The number of ether oxygens (including phenoxy) is 1. The van der Waals surface area contributed by atoms with Crippen LogP contribution in [0.25, 0.3) is 0 Å². The minimum absolute atomic E-state index is 0.180. The monoisotopic (exact) mass is 485 g/mol. The van der Waals surface area contributed by atoms with Crippen LogP contribution in [-0.2, 0) is 27.4 Å². The van der Waals surface area contributed by atoms with E-state index in [-0.39, 0.29) is 19.0 Å². The van der Waals surface area contributed by atoms with Crippen molar-refractivity contribution in [1.82, 2.24) is 14.7 Å². The van der Waals surface area contributed by atoms with Gasteiger partial charge in [-0.1, -0.05) is 48.0 Å². The molecule has 0 bridgehead atoms. The summed E-state index contributed by atoms with van der Waals surface area (Å²) in [5.41, 5.74) is 7.11. The topological polar surface area (TPSA) is 93.5 Å². The highest BCUT2D eigenvalue weighted by atomic mass is 16.5. The fourth-order valence-electron chi connectivity index (χ4n) is 4.55. The molecule has 35 heavy (non-hydrogen) atoms. The lowest BCUT2D eigenvalue weighted by Crippen LogP contribution is -2.44. The molecule has 192 valence electrons. The van der Waals surface area contributed by atoms with E-state index in [1.54, 1.807) is 0 Å². The minimum Gasteiger partial charge on any atom is -0.483 e. The van der Waals surface area contributed by atoms with Crippen molar-refractivity contribution in [3.8, 4) is 0 Å². The van der Waals surface area contributed by atoms with E-state index < -0.39 is 0 Å². The summed E-state index contributed by atoms with van der Waals surface area (Å²) in [6.07, 6.45) is 0.180. The third kappa shape index (κ3) is 9.41. The number of rotatable bonds is 5. The molecule has 2 heterocycles. The third-order valence-corrected chi connectivity index (χ3v) is 6.47. The van der Waals surface area contributed by atoms with E-state index in [0.29, 0.717) is 0 Å². The number of carbonyl (C=O) groups is 2. The SMILES string of the molecule is Cc1cc(CN2CCN(C)CC2)c(C)c(CN2CCOC(c3ccccc3)C2)c1.O=CO.O=CO. The van der Waals surface area contributed by atoms with Crippen LogP contribution < -0.4 is 0 Å². The fourth-order valence-corrected chi connectivity index (χ4v) is 4.55. The maximum absolute atomic E-state index is 8.36. The van der Waals surface area contributed by atoms with Gasteiger partial charge in [0.15, 0.2) is 0 Å². The van der Waals surface area contributed by atoms with Gasteiger partial charge in [-0.2, -0.15) is 0 Å². The first-order valence-electron chi connectivity index (χ1n) is 12.0. The predicted octanol–water partition coefficient (Wildman–Crippen LogP) is 3.03. The average Bonchev–Trinajstić information content (AvgIpc) is 2.85. The van der Waals surface area contributed by atoms with Gasteiger partial charge in [0.1, 0.15) is 0 Å². The van der Waals surface area contributed by atoms with E-state index in [2.05, 4.69) is 78.1 Å². The zero-order valence-corrected chi connectivity index (χ0v) is 21.1. The fraction of sp³-hybridized carbons (Fsp3) is 0.481. The highest BCUT2D eigenvalue weighted by Crippen LogP contribution is 2.25. The van der Waals surface area contributed by atoms with Gasteiger partial charge in [-0.05, 0) is 43.1 Å². The van der Waals surface area contributed by atoms with Gasteiger partial charge < -0.3 is 19.8 Å². The predicted molar refractivity (Wildman–Crippen MR) is 136 cm³/mol. The van der Waals surface area contributed by atoms with E-state index >= 15 is 0 Å². The van der Waals surface area contributed by atoms with Gasteiger partial charge in [-0.3, -0.25) is 19.4 Å². The lowest BCUT2D eigenvalue weighted by atomic mass is 9.97. The first-order chi connectivity index (χ1) is 16.9. The molecular formula is C27H39N3O5. The molecule has 2 N–H and O–H groups in total. The van der Waals surface area contributed by atoms with Crippen LogP contribution in [0.3, 0.4) is 0 Å². The molecule has 2 saturated heterocycles. The van der Waals surface area contributed by atoms with Crippen molar-refractivity contribution in [2.75, 3.05) is 52.9 Å². The van der Waals surface area contributed by atoms with Crippen molar-refractivity contribution in [1.29, 1.82) is 0 Å². The molecular weight excluding hydrogens is 446 g/mol. The Bertz CT molecular complexity index is 895. The van der Waals surface area contributed by atoms with E-state index in [4.69, 9.17) is 24.5 Å². The molecule has 0 aromatic heterocycles. The van der Waals surface area contributed by atoms with Crippen molar-refractivity contribution < 1.29 is 24.5 Å². The van der Waals surface area contributed by atoms with Crippen LogP contribution in [0, 0.1) is 13.8 Å². The van der Waals surface area contributed by atoms with E-state index in [1.165, 1.54) is 54.0 Å². The smallest absolute Gasteiger partial charge is 0.290 e. The average molecular weight is 486 g/mol. The summed E-state index contributed by atoms with van der Waals surface area (Å²) in [5.74, 6) is 0. The largest absolute Gasteiger partial charge is 0.483 e. The number of likely N-dealkylation sites (N-methyl/N-ethyl adjacent to an activating group) is 1. The number of piperazine rings is 1. The lowest BCUT2D eigenvalue weighted by molar-refractivity contribution is -0.123. The van der Waals surface area contributed by atoms with Gasteiger partial charge in [0.2, 0.25) is 0 Å². The lowest BCUT2D eigenvalue weighted by Gasteiger charge is -2.34. The molecule has 0 amide bonds. The Morgan fingerprint density at radius 2 is 1.43 bits per heavy atom. The van der Waals surface area contributed by atoms with Crippen LogP contribution in [0.5, 0.6) is 0 Å². The van der Waals surface area contributed by atoms with Crippen LogP contribution in [0.15, 0.2) is 42.5 Å². The molecule has 8 heteroatoms. The first kappa shape index (κ1) is 28.5. The van der Waals surface area contributed by atoms with Gasteiger partial charge in [-0.25, -0.2) is 0 Å². The minimum atomic E-state index is -0.250. The van der Waals surface area contributed by atoms with Gasteiger partial charge in [0.25, 0.3) is 12.9 Å². The van der Waals surface area contributed by atoms with Crippen molar-refractivity contribution in [2.24, 2.45) is 0 Å².